The van der Waals surface area contributed by atoms with Gasteiger partial charge in [-0.15, -0.1) is 0 Å². The predicted molar refractivity (Wildman–Crippen MR) is 127 cm³/mol. The maximum absolute atomic E-state index is 12.1. The molecule has 0 bridgehead atoms. The molecule has 1 N–H and O–H groups in total. The predicted octanol–water partition coefficient (Wildman–Crippen LogP) is 4.38. The number of ether oxygens (including phenoxy) is 1. The van der Waals surface area contributed by atoms with Crippen molar-refractivity contribution in [1.82, 2.24) is 5.32 Å². The van der Waals surface area contributed by atoms with Crippen LogP contribution >= 0.6 is 11.6 Å². The normalized spacial score (nSPS) is 11.8. The van der Waals surface area contributed by atoms with Gasteiger partial charge in [0.25, 0.3) is 0 Å². The number of hydrogen-bond donors (Lipinski definition) is 1. The first-order valence-corrected chi connectivity index (χ1v) is 12.4. The molecule has 8 heteroatoms. The van der Waals surface area contributed by atoms with Crippen molar-refractivity contribution < 1.29 is 17.9 Å². The van der Waals surface area contributed by atoms with Gasteiger partial charge in [0.1, 0.15) is 12.4 Å². The SMILES string of the molecule is CC(C)(C)c1ccccc1OCCNC(=O)CCCN(c1cccc(Cl)c1)S(C)(=O)=O. The van der Waals surface area contributed by atoms with E-state index in [1.165, 1.54) is 4.31 Å². The lowest BCUT2D eigenvalue weighted by Crippen LogP contribution is -2.33. The molecule has 0 aliphatic carbocycles. The highest BCUT2D eigenvalue weighted by Gasteiger charge is 2.19. The summed E-state index contributed by atoms with van der Waals surface area (Å²) in [5, 5.41) is 3.27. The molecule has 0 saturated heterocycles. The van der Waals surface area contributed by atoms with E-state index >= 15 is 0 Å². The maximum atomic E-state index is 12.1. The van der Waals surface area contributed by atoms with Crippen molar-refractivity contribution in [3.63, 3.8) is 0 Å². The summed E-state index contributed by atoms with van der Waals surface area (Å²) in [5.41, 5.74) is 1.57. The van der Waals surface area contributed by atoms with E-state index in [-0.39, 0.29) is 24.3 Å². The number of anilines is 1. The summed E-state index contributed by atoms with van der Waals surface area (Å²) in [6, 6.07) is 14.5. The summed E-state index contributed by atoms with van der Waals surface area (Å²) < 4.78 is 31.4. The third-order valence-corrected chi connectivity index (χ3v) is 6.07. The second kappa shape index (κ2) is 10.9. The molecule has 0 aliphatic rings. The Kier molecular flexibility index (Phi) is 8.77. The minimum absolute atomic E-state index is 0.0334. The molecule has 2 rings (SSSR count). The highest BCUT2D eigenvalue weighted by molar-refractivity contribution is 7.92. The van der Waals surface area contributed by atoms with Gasteiger partial charge in [0.2, 0.25) is 15.9 Å². The topological polar surface area (TPSA) is 75.7 Å². The maximum Gasteiger partial charge on any atom is 0.232 e. The average Bonchev–Trinajstić information content (AvgIpc) is 2.67. The lowest BCUT2D eigenvalue weighted by Gasteiger charge is -2.23. The minimum Gasteiger partial charge on any atom is -0.491 e. The molecular weight excluding hydrogens is 436 g/mol. The van der Waals surface area contributed by atoms with Crippen LogP contribution in [0.1, 0.15) is 39.2 Å². The Labute approximate surface area is 190 Å². The summed E-state index contributed by atoms with van der Waals surface area (Å²) in [7, 11) is -3.48. The van der Waals surface area contributed by atoms with E-state index < -0.39 is 10.0 Å². The van der Waals surface area contributed by atoms with E-state index in [1.54, 1.807) is 24.3 Å². The van der Waals surface area contributed by atoms with Crippen LogP contribution in [0.4, 0.5) is 5.69 Å². The Morgan fingerprint density at radius 2 is 1.84 bits per heavy atom. The van der Waals surface area contributed by atoms with Gasteiger partial charge in [-0.25, -0.2) is 8.42 Å². The molecule has 0 aliphatic heterocycles. The number of halogens is 1. The number of nitrogens with one attached hydrogen (secondary N) is 1. The molecule has 1 amide bonds. The Morgan fingerprint density at radius 1 is 1.13 bits per heavy atom. The molecule has 0 saturated carbocycles. The molecule has 0 radical (unpaired) electrons. The Bertz CT molecular complexity index is 987. The number of rotatable bonds is 10. The van der Waals surface area contributed by atoms with Gasteiger partial charge in [-0.2, -0.15) is 0 Å². The van der Waals surface area contributed by atoms with Crippen molar-refractivity contribution in [1.29, 1.82) is 0 Å². The number of hydrogen-bond acceptors (Lipinski definition) is 4. The van der Waals surface area contributed by atoms with E-state index in [2.05, 4.69) is 26.1 Å². The van der Waals surface area contributed by atoms with E-state index in [1.807, 2.05) is 24.3 Å². The lowest BCUT2D eigenvalue weighted by atomic mass is 9.86. The monoisotopic (exact) mass is 466 g/mol. The number of sulfonamides is 1. The standard InChI is InChI=1S/C23H31ClN2O4S/c1-23(2,3)20-11-5-6-12-21(20)30-16-14-25-22(27)13-8-15-26(31(4,28)29)19-10-7-9-18(24)17-19/h5-7,9-12,17H,8,13-16H2,1-4H3,(H,25,27). The van der Waals surface area contributed by atoms with Crippen molar-refractivity contribution in [2.75, 3.05) is 30.3 Å². The first kappa shape index (κ1) is 25.0. The largest absolute Gasteiger partial charge is 0.491 e. The van der Waals surface area contributed by atoms with Gasteiger partial charge in [-0.05, 0) is 41.7 Å². The molecule has 31 heavy (non-hydrogen) atoms. The average molecular weight is 467 g/mol. The van der Waals surface area contributed by atoms with E-state index in [0.29, 0.717) is 30.3 Å². The highest BCUT2D eigenvalue weighted by atomic mass is 35.5. The minimum atomic E-state index is -3.48. The molecule has 0 aromatic heterocycles. The molecule has 2 aromatic rings. The zero-order valence-corrected chi connectivity index (χ0v) is 20.1. The number of benzene rings is 2. The molecule has 0 spiro atoms. The van der Waals surface area contributed by atoms with Crippen LogP contribution in [0.3, 0.4) is 0 Å². The third kappa shape index (κ3) is 8.07. The second-order valence-corrected chi connectivity index (χ2v) is 10.7. The fraction of sp³-hybridized carbons (Fsp3) is 0.435. The molecule has 2 aromatic carbocycles. The fourth-order valence-electron chi connectivity index (χ4n) is 3.15. The van der Waals surface area contributed by atoms with Crippen LogP contribution < -0.4 is 14.4 Å². The number of nitrogens with zero attached hydrogens (tertiary/aromatic N) is 1. The van der Waals surface area contributed by atoms with Crippen molar-refractivity contribution in [2.24, 2.45) is 0 Å². The zero-order chi connectivity index (χ0) is 23.1. The Balaban J connectivity index is 1.79. The summed E-state index contributed by atoms with van der Waals surface area (Å²) in [5.74, 6) is 0.668. The van der Waals surface area contributed by atoms with Gasteiger partial charge in [0.05, 0.1) is 18.5 Å². The molecule has 6 nitrogen and oxygen atoms in total. The van der Waals surface area contributed by atoms with Gasteiger partial charge < -0.3 is 10.1 Å². The van der Waals surface area contributed by atoms with Crippen LogP contribution in [0.5, 0.6) is 5.75 Å². The number of carbonyl (C=O) groups is 1. The quantitative estimate of drug-likeness (QED) is 0.527. The first-order valence-electron chi connectivity index (χ1n) is 10.2. The smallest absolute Gasteiger partial charge is 0.232 e. The molecular formula is C23H31ClN2O4S. The van der Waals surface area contributed by atoms with Gasteiger partial charge in [0.15, 0.2) is 0 Å². The van der Waals surface area contributed by atoms with Crippen molar-refractivity contribution in [2.45, 2.75) is 39.0 Å². The number of amides is 1. The molecule has 0 heterocycles. The Hall–Kier alpha value is -2.25. The van der Waals surface area contributed by atoms with Gasteiger partial charge >= 0.3 is 0 Å². The van der Waals surface area contributed by atoms with Crippen LogP contribution in [0.2, 0.25) is 5.02 Å². The number of carbonyl (C=O) groups excluding carboxylic acids is 1. The molecule has 170 valence electrons. The van der Waals surface area contributed by atoms with Gasteiger partial charge in [-0.1, -0.05) is 56.6 Å². The highest BCUT2D eigenvalue weighted by Crippen LogP contribution is 2.30. The van der Waals surface area contributed by atoms with Gasteiger partial charge in [0, 0.05) is 18.0 Å². The van der Waals surface area contributed by atoms with Crippen molar-refractivity contribution in [3.8, 4) is 5.75 Å². The zero-order valence-electron chi connectivity index (χ0n) is 18.5. The summed E-state index contributed by atoms with van der Waals surface area (Å²) in [6.45, 7) is 7.31. The Morgan fingerprint density at radius 3 is 2.48 bits per heavy atom. The third-order valence-electron chi connectivity index (χ3n) is 4.64. The number of para-hydroxylation sites is 1. The first-order chi connectivity index (χ1) is 14.5. The van der Waals surface area contributed by atoms with E-state index in [0.717, 1.165) is 17.6 Å². The van der Waals surface area contributed by atoms with Crippen molar-refractivity contribution >= 4 is 33.2 Å². The molecule has 0 atom stereocenters. The van der Waals surface area contributed by atoms with Crippen molar-refractivity contribution in [3.05, 3.63) is 59.1 Å². The van der Waals surface area contributed by atoms with E-state index in [4.69, 9.17) is 16.3 Å². The lowest BCUT2D eigenvalue weighted by molar-refractivity contribution is -0.121. The van der Waals surface area contributed by atoms with Crippen LogP contribution in [-0.4, -0.2) is 40.3 Å². The van der Waals surface area contributed by atoms with Crippen LogP contribution in [0.25, 0.3) is 0 Å². The summed E-state index contributed by atoms with van der Waals surface area (Å²) >= 11 is 5.98. The fourth-order valence-corrected chi connectivity index (χ4v) is 4.29. The molecule has 0 fully saturated rings. The summed E-state index contributed by atoms with van der Waals surface area (Å²) in [4.78, 5) is 12.1. The van der Waals surface area contributed by atoms with Crippen LogP contribution in [0, 0.1) is 0 Å². The van der Waals surface area contributed by atoms with E-state index in [9.17, 15) is 13.2 Å². The summed E-state index contributed by atoms with van der Waals surface area (Å²) in [6.07, 6.45) is 1.74. The van der Waals surface area contributed by atoms with Crippen LogP contribution in [0.15, 0.2) is 48.5 Å². The van der Waals surface area contributed by atoms with Crippen LogP contribution in [-0.2, 0) is 20.2 Å². The second-order valence-electron chi connectivity index (χ2n) is 8.36. The molecule has 0 unspecified atom stereocenters. The van der Waals surface area contributed by atoms with Gasteiger partial charge in [-0.3, -0.25) is 9.10 Å².